The molecule has 0 saturated heterocycles. The van der Waals surface area contributed by atoms with Crippen molar-refractivity contribution in [2.24, 2.45) is 0 Å². The molecule has 0 spiro atoms. The molecule has 3 heteroatoms. The molecule has 0 bridgehead atoms. The Bertz CT molecular complexity index is 275. The van der Waals surface area contributed by atoms with Gasteiger partial charge >= 0.3 is 0 Å². The number of rotatable bonds is 1. The van der Waals surface area contributed by atoms with Crippen LogP contribution in [-0.2, 0) is 6.42 Å². The van der Waals surface area contributed by atoms with Crippen LogP contribution in [0.3, 0.4) is 0 Å². The molecule has 0 atom stereocenters. The van der Waals surface area contributed by atoms with Crippen LogP contribution in [0.1, 0.15) is 5.56 Å². The molecule has 12 heavy (non-hydrogen) atoms. The number of nitrogens with one attached hydrogen (secondary N) is 1. The first-order valence-electron chi connectivity index (χ1n) is 3.83. The van der Waals surface area contributed by atoms with Gasteiger partial charge in [0.05, 0.1) is 6.61 Å². The first-order chi connectivity index (χ1) is 5.40. The molecule has 66 valence electrons. The zero-order valence-electron chi connectivity index (χ0n) is 6.96. The van der Waals surface area contributed by atoms with E-state index in [1.165, 1.54) is 5.56 Å². The normalized spacial score (nSPS) is 12.8. The molecule has 1 N–H and O–H groups in total. The monoisotopic (exact) mass is 185 g/mol. The third-order valence-corrected chi connectivity index (χ3v) is 1.98. The molecule has 1 heterocycles. The molecule has 0 fully saturated rings. The molecule has 0 unspecified atom stereocenters. The average Bonchev–Trinajstić information content (AvgIpc) is 2.50. The fraction of sp³-hybridized carbons (Fsp3) is 0.333. The quantitative estimate of drug-likeness (QED) is 0.724. The van der Waals surface area contributed by atoms with Crippen LogP contribution in [0, 0.1) is 0 Å². The molecule has 0 aliphatic carbocycles. The lowest BCUT2D eigenvalue weighted by Crippen LogP contribution is -1.87. The minimum absolute atomic E-state index is 0. The van der Waals surface area contributed by atoms with Crippen LogP contribution in [0.2, 0.25) is 0 Å². The highest BCUT2D eigenvalue weighted by atomic mass is 35.5. The molecule has 1 aliphatic heterocycles. The smallest absolute Gasteiger partial charge is 0.122 e. The number of benzene rings is 1. The molecule has 2 nitrogen and oxygen atoms in total. The second-order valence-corrected chi connectivity index (χ2v) is 2.67. The van der Waals surface area contributed by atoms with E-state index in [9.17, 15) is 0 Å². The minimum atomic E-state index is 0. The Kier molecular flexibility index (Phi) is 2.82. The summed E-state index contributed by atoms with van der Waals surface area (Å²) in [7, 11) is 1.93. The van der Waals surface area contributed by atoms with Crippen molar-refractivity contribution in [3.05, 3.63) is 23.8 Å². The highest BCUT2D eigenvalue weighted by Gasteiger charge is 2.10. The topological polar surface area (TPSA) is 21.3 Å². The molecular formula is C9H12ClNO. The Hall–Kier alpha value is -0.890. The van der Waals surface area contributed by atoms with E-state index >= 15 is 0 Å². The van der Waals surface area contributed by atoms with E-state index in [-0.39, 0.29) is 12.4 Å². The maximum Gasteiger partial charge on any atom is 0.122 e. The van der Waals surface area contributed by atoms with Gasteiger partial charge in [-0.2, -0.15) is 0 Å². The molecule has 0 radical (unpaired) electrons. The zero-order valence-corrected chi connectivity index (χ0v) is 7.78. The van der Waals surface area contributed by atoms with E-state index in [4.69, 9.17) is 4.74 Å². The molecule has 0 amide bonds. The van der Waals surface area contributed by atoms with Gasteiger partial charge in [-0.05, 0) is 23.8 Å². The van der Waals surface area contributed by atoms with Crippen LogP contribution in [0.25, 0.3) is 0 Å². The Balaban J connectivity index is 0.000000720. The van der Waals surface area contributed by atoms with Gasteiger partial charge in [-0.15, -0.1) is 12.4 Å². The molecule has 0 aromatic heterocycles. The highest BCUT2D eigenvalue weighted by molar-refractivity contribution is 5.85. The molecule has 2 rings (SSSR count). The van der Waals surface area contributed by atoms with E-state index in [0.717, 1.165) is 24.5 Å². The molecule has 0 saturated carbocycles. The Morgan fingerprint density at radius 1 is 1.42 bits per heavy atom. The average molecular weight is 186 g/mol. The second kappa shape index (κ2) is 3.68. The van der Waals surface area contributed by atoms with Crippen molar-refractivity contribution >= 4 is 18.1 Å². The summed E-state index contributed by atoms with van der Waals surface area (Å²) in [4.78, 5) is 0. The Morgan fingerprint density at radius 2 is 2.25 bits per heavy atom. The van der Waals surface area contributed by atoms with Crippen molar-refractivity contribution in [2.75, 3.05) is 19.0 Å². The number of hydrogen-bond donors (Lipinski definition) is 1. The van der Waals surface area contributed by atoms with Crippen molar-refractivity contribution < 1.29 is 4.74 Å². The van der Waals surface area contributed by atoms with Gasteiger partial charge in [0.2, 0.25) is 0 Å². The van der Waals surface area contributed by atoms with Crippen LogP contribution < -0.4 is 10.1 Å². The molecular weight excluding hydrogens is 174 g/mol. The van der Waals surface area contributed by atoms with Gasteiger partial charge in [-0.25, -0.2) is 0 Å². The van der Waals surface area contributed by atoms with E-state index in [2.05, 4.69) is 11.4 Å². The summed E-state index contributed by atoms with van der Waals surface area (Å²) in [5, 5.41) is 3.10. The van der Waals surface area contributed by atoms with Crippen LogP contribution in [0.15, 0.2) is 18.2 Å². The zero-order chi connectivity index (χ0) is 7.68. The van der Waals surface area contributed by atoms with Gasteiger partial charge in [0, 0.05) is 19.2 Å². The van der Waals surface area contributed by atoms with Gasteiger partial charge < -0.3 is 10.1 Å². The van der Waals surface area contributed by atoms with E-state index in [1.54, 1.807) is 0 Å². The van der Waals surface area contributed by atoms with Crippen molar-refractivity contribution in [3.8, 4) is 5.75 Å². The largest absolute Gasteiger partial charge is 0.493 e. The standard InChI is InChI=1S/C9H11NO.ClH/c1-10-8-2-3-9-7(6-8)4-5-11-9;/h2-3,6,10H,4-5H2,1H3;1H. The first kappa shape index (κ1) is 9.20. The lowest BCUT2D eigenvalue weighted by Gasteiger charge is -2.01. The molecule has 1 aliphatic rings. The van der Waals surface area contributed by atoms with Gasteiger partial charge in [0.1, 0.15) is 5.75 Å². The van der Waals surface area contributed by atoms with E-state index in [1.807, 2.05) is 19.2 Å². The predicted octanol–water partition coefficient (Wildman–Crippen LogP) is 2.09. The minimum Gasteiger partial charge on any atom is -0.493 e. The number of halogens is 1. The summed E-state index contributed by atoms with van der Waals surface area (Å²) in [6.45, 7) is 0.836. The maximum absolute atomic E-state index is 5.37. The Labute approximate surface area is 78.3 Å². The third kappa shape index (κ3) is 1.48. The fourth-order valence-corrected chi connectivity index (χ4v) is 1.34. The van der Waals surface area contributed by atoms with Crippen molar-refractivity contribution in [1.82, 2.24) is 0 Å². The van der Waals surface area contributed by atoms with Gasteiger partial charge in [0.15, 0.2) is 0 Å². The van der Waals surface area contributed by atoms with E-state index < -0.39 is 0 Å². The van der Waals surface area contributed by atoms with Crippen molar-refractivity contribution in [2.45, 2.75) is 6.42 Å². The first-order valence-corrected chi connectivity index (χ1v) is 3.83. The van der Waals surface area contributed by atoms with Crippen LogP contribution in [0.5, 0.6) is 5.75 Å². The van der Waals surface area contributed by atoms with Crippen LogP contribution in [-0.4, -0.2) is 13.7 Å². The van der Waals surface area contributed by atoms with Crippen LogP contribution in [0.4, 0.5) is 5.69 Å². The van der Waals surface area contributed by atoms with Crippen molar-refractivity contribution in [1.29, 1.82) is 0 Å². The molecule has 1 aromatic carbocycles. The number of fused-ring (bicyclic) bond motifs is 1. The lowest BCUT2D eigenvalue weighted by atomic mass is 10.1. The van der Waals surface area contributed by atoms with Crippen molar-refractivity contribution in [3.63, 3.8) is 0 Å². The maximum atomic E-state index is 5.37. The highest BCUT2D eigenvalue weighted by Crippen LogP contribution is 2.27. The summed E-state index contributed by atoms with van der Waals surface area (Å²) in [5.41, 5.74) is 2.48. The Morgan fingerprint density at radius 3 is 3.00 bits per heavy atom. The number of ether oxygens (including phenoxy) is 1. The van der Waals surface area contributed by atoms with Gasteiger partial charge in [0.25, 0.3) is 0 Å². The lowest BCUT2D eigenvalue weighted by molar-refractivity contribution is 0.357. The number of anilines is 1. The van der Waals surface area contributed by atoms with E-state index in [0.29, 0.717) is 0 Å². The predicted molar refractivity (Wildman–Crippen MR) is 52.4 cm³/mol. The summed E-state index contributed by atoms with van der Waals surface area (Å²) in [6.07, 6.45) is 1.05. The summed E-state index contributed by atoms with van der Waals surface area (Å²) in [6, 6.07) is 6.20. The van der Waals surface area contributed by atoms with Gasteiger partial charge in [-0.3, -0.25) is 0 Å². The summed E-state index contributed by atoms with van der Waals surface area (Å²) >= 11 is 0. The van der Waals surface area contributed by atoms with Crippen LogP contribution >= 0.6 is 12.4 Å². The molecule has 1 aromatic rings. The second-order valence-electron chi connectivity index (χ2n) is 2.67. The third-order valence-electron chi connectivity index (χ3n) is 1.98. The summed E-state index contributed by atoms with van der Waals surface area (Å²) in [5.74, 6) is 1.05. The van der Waals surface area contributed by atoms with Gasteiger partial charge in [-0.1, -0.05) is 0 Å². The number of hydrogen-bond acceptors (Lipinski definition) is 2. The fourth-order valence-electron chi connectivity index (χ4n) is 1.34. The summed E-state index contributed by atoms with van der Waals surface area (Å²) < 4.78 is 5.37. The SMILES string of the molecule is CNc1ccc2c(c1)CCO2.Cl.